The average molecular weight is 222 g/mol. The van der Waals surface area contributed by atoms with E-state index in [1.54, 1.807) is 24.4 Å². The summed E-state index contributed by atoms with van der Waals surface area (Å²) in [6, 6.07) is 5.32. The first-order chi connectivity index (χ1) is 7.07. The molecule has 0 spiro atoms. The van der Waals surface area contributed by atoms with Crippen molar-refractivity contribution in [2.75, 3.05) is 6.26 Å². The van der Waals surface area contributed by atoms with E-state index in [1.165, 1.54) is 0 Å². The standard InChI is InChI=1S/C9H8N3O2S/c1-15(13,14)9-11-6-8(12-9)7-4-2-3-5-10-7/h2-5H,1H3,(H,11,12). The maximum atomic E-state index is 11.1. The second-order valence-corrected chi connectivity index (χ2v) is 4.95. The van der Waals surface area contributed by atoms with Crippen LogP contribution in [-0.4, -0.2) is 29.6 Å². The lowest BCUT2D eigenvalue weighted by molar-refractivity contribution is 0.595. The summed E-state index contributed by atoms with van der Waals surface area (Å²) in [6.07, 6.45) is 5.28. The van der Waals surface area contributed by atoms with Crippen LogP contribution in [0.15, 0.2) is 29.6 Å². The molecule has 1 radical (unpaired) electrons. The normalized spacial score (nSPS) is 11.5. The minimum absolute atomic E-state index is 0.0943. The lowest BCUT2D eigenvalue weighted by atomic mass is 10.3. The monoisotopic (exact) mass is 222 g/mol. The molecule has 0 fully saturated rings. The molecule has 0 saturated carbocycles. The topological polar surface area (TPSA) is 75.7 Å². The van der Waals surface area contributed by atoms with Gasteiger partial charge in [-0.15, -0.1) is 0 Å². The Hall–Kier alpha value is -1.69. The van der Waals surface area contributed by atoms with E-state index in [9.17, 15) is 8.42 Å². The molecule has 2 aromatic heterocycles. The summed E-state index contributed by atoms with van der Waals surface area (Å²) in [5.74, 6) is 0. The molecule has 0 aliphatic heterocycles. The van der Waals surface area contributed by atoms with Crippen LogP contribution >= 0.6 is 0 Å². The molecule has 0 aromatic carbocycles. The number of hydrogen-bond donors (Lipinski definition) is 1. The molecule has 0 saturated heterocycles. The highest BCUT2D eigenvalue weighted by molar-refractivity contribution is 7.90. The summed E-state index contributed by atoms with van der Waals surface area (Å²) in [5, 5.41) is -0.0943. The van der Waals surface area contributed by atoms with Crippen molar-refractivity contribution in [2.45, 2.75) is 5.16 Å². The minimum atomic E-state index is -3.32. The van der Waals surface area contributed by atoms with Crippen LogP contribution in [0.25, 0.3) is 11.4 Å². The highest BCUT2D eigenvalue weighted by Crippen LogP contribution is 2.14. The summed E-state index contributed by atoms with van der Waals surface area (Å²) in [5.41, 5.74) is 1.08. The van der Waals surface area contributed by atoms with Crippen molar-refractivity contribution in [3.05, 3.63) is 30.6 Å². The van der Waals surface area contributed by atoms with Crippen molar-refractivity contribution >= 4 is 9.84 Å². The molecule has 2 heterocycles. The smallest absolute Gasteiger partial charge is 0.225 e. The van der Waals surface area contributed by atoms with Crippen molar-refractivity contribution in [3.8, 4) is 11.4 Å². The van der Waals surface area contributed by atoms with Crippen molar-refractivity contribution in [3.63, 3.8) is 0 Å². The molecule has 0 atom stereocenters. The van der Waals surface area contributed by atoms with Crippen LogP contribution in [-0.2, 0) is 9.84 Å². The van der Waals surface area contributed by atoms with E-state index < -0.39 is 9.84 Å². The molecular weight excluding hydrogens is 214 g/mol. The minimum Gasteiger partial charge on any atom is -0.327 e. The third-order valence-corrected chi connectivity index (χ3v) is 2.67. The fourth-order valence-electron chi connectivity index (χ4n) is 1.08. The zero-order valence-electron chi connectivity index (χ0n) is 7.93. The molecule has 2 rings (SSSR count). The van der Waals surface area contributed by atoms with Crippen LogP contribution in [0.2, 0.25) is 0 Å². The Morgan fingerprint density at radius 1 is 1.40 bits per heavy atom. The summed E-state index contributed by atoms with van der Waals surface area (Å²) in [7, 11) is -3.32. The van der Waals surface area contributed by atoms with Gasteiger partial charge in [-0.05, 0) is 12.1 Å². The van der Waals surface area contributed by atoms with Crippen LogP contribution in [0, 0.1) is 6.20 Å². The highest BCUT2D eigenvalue weighted by atomic mass is 32.2. The Morgan fingerprint density at radius 2 is 2.20 bits per heavy atom. The molecule has 0 aliphatic carbocycles. The summed E-state index contributed by atoms with van der Waals surface area (Å²) in [6.45, 7) is 0. The second kappa shape index (κ2) is 3.47. The zero-order chi connectivity index (χ0) is 10.9. The van der Waals surface area contributed by atoms with Crippen molar-refractivity contribution in [1.82, 2.24) is 15.0 Å². The largest absolute Gasteiger partial charge is 0.327 e. The van der Waals surface area contributed by atoms with Gasteiger partial charge in [-0.1, -0.05) is 6.07 Å². The first-order valence-corrected chi connectivity index (χ1v) is 6.05. The molecule has 77 valence electrons. The predicted octanol–water partition coefficient (Wildman–Crippen LogP) is 0.675. The molecule has 0 aliphatic rings. The van der Waals surface area contributed by atoms with E-state index in [2.05, 4.69) is 21.1 Å². The Morgan fingerprint density at radius 3 is 2.73 bits per heavy atom. The molecular formula is C9H8N3O2S. The van der Waals surface area contributed by atoms with E-state index in [0.717, 1.165) is 6.26 Å². The predicted molar refractivity (Wildman–Crippen MR) is 53.8 cm³/mol. The van der Waals surface area contributed by atoms with Crippen LogP contribution in [0.5, 0.6) is 0 Å². The lowest BCUT2D eigenvalue weighted by Gasteiger charge is -1.93. The molecule has 2 aromatic rings. The summed E-state index contributed by atoms with van der Waals surface area (Å²) >= 11 is 0. The molecule has 0 amide bonds. The fourth-order valence-corrected chi connectivity index (χ4v) is 1.58. The number of hydrogen-bond acceptors (Lipinski definition) is 4. The summed E-state index contributed by atoms with van der Waals surface area (Å²) in [4.78, 5) is 10.4. The maximum absolute atomic E-state index is 11.1. The van der Waals surface area contributed by atoms with Gasteiger partial charge in [0.05, 0.1) is 11.4 Å². The number of nitrogens with one attached hydrogen (secondary N) is 1. The third-order valence-electron chi connectivity index (χ3n) is 1.77. The Balaban J connectivity index is 2.46. The van der Waals surface area contributed by atoms with Gasteiger partial charge >= 0.3 is 0 Å². The van der Waals surface area contributed by atoms with Gasteiger partial charge in [0.1, 0.15) is 6.20 Å². The Kier molecular flexibility index (Phi) is 2.28. The molecule has 6 heteroatoms. The van der Waals surface area contributed by atoms with Gasteiger partial charge in [-0.3, -0.25) is 4.98 Å². The molecule has 15 heavy (non-hydrogen) atoms. The number of sulfone groups is 1. The van der Waals surface area contributed by atoms with Crippen molar-refractivity contribution in [1.29, 1.82) is 0 Å². The number of H-pyrrole nitrogens is 1. The van der Waals surface area contributed by atoms with Crippen LogP contribution in [0.4, 0.5) is 0 Å². The number of aromatic amines is 1. The number of pyridine rings is 1. The van der Waals surface area contributed by atoms with Gasteiger partial charge in [0.15, 0.2) is 0 Å². The first-order valence-electron chi connectivity index (χ1n) is 4.16. The van der Waals surface area contributed by atoms with E-state index in [-0.39, 0.29) is 5.16 Å². The van der Waals surface area contributed by atoms with Gasteiger partial charge in [-0.2, -0.15) is 0 Å². The summed E-state index contributed by atoms with van der Waals surface area (Å²) < 4.78 is 22.3. The average Bonchev–Trinajstić information content (AvgIpc) is 2.67. The number of aromatic nitrogens is 3. The van der Waals surface area contributed by atoms with E-state index >= 15 is 0 Å². The van der Waals surface area contributed by atoms with E-state index in [0.29, 0.717) is 11.4 Å². The lowest BCUT2D eigenvalue weighted by Crippen LogP contribution is -1.99. The van der Waals surface area contributed by atoms with Gasteiger partial charge < -0.3 is 4.98 Å². The van der Waals surface area contributed by atoms with Gasteiger partial charge in [-0.25, -0.2) is 13.4 Å². The Bertz CT molecular complexity index is 560. The molecule has 1 N–H and O–H groups in total. The third kappa shape index (κ3) is 2.04. The second-order valence-electron chi connectivity index (χ2n) is 3.02. The quantitative estimate of drug-likeness (QED) is 0.810. The maximum Gasteiger partial charge on any atom is 0.225 e. The molecule has 0 unspecified atom stereocenters. The first kappa shape index (κ1) is 9.85. The van der Waals surface area contributed by atoms with Crippen LogP contribution < -0.4 is 0 Å². The molecule has 0 bridgehead atoms. The van der Waals surface area contributed by atoms with Crippen LogP contribution in [0.3, 0.4) is 0 Å². The van der Waals surface area contributed by atoms with Gasteiger partial charge in [0.25, 0.3) is 0 Å². The zero-order valence-corrected chi connectivity index (χ0v) is 8.75. The van der Waals surface area contributed by atoms with E-state index in [4.69, 9.17) is 0 Å². The number of imidazole rings is 1. The fraction of sp³-hybridized carbons (Fsp3) is 0.111. The molecule has 5 nitrogen and oxygen atoms in total. The van der Waals surface area contributed by atoms with Crippen LogP contribution in [0.1, 0.15) is 0 Å². The van der Waals surface area contributed by atoms with Gasteiger partial charge in [0, 0.05) is 12.5 Å². The number of nitrogens with zero attached hydrogens (tertiary/aromatic N) is 2. The van der Waals surface area contributed by atoms with Crippen molar-refractivity contribution in [2.24, 2.45) is 0 Å². The van der Waals surface area contributed by atoms with Crippen molar-refractivity contribution < 1.29 is 8.42 Å². The van der Waals surface area contributed by atoms with Gasteiger partial charge in [0.2, 0.25) is 15.0 Å². The Labute approximate surface area is 87.1 Å². The SMILES string of the molecule is CS(=O)(=O)c1n[c]c(-c2ccccn2)[nH]1. The number of rotatable bonds is 2. The highest BCUT2D eigenvalue weighted by Gasteiger charge is 2.13. The van der Waals surface area contributed by atoms with E-state index in [1.807, 2.05) is 0 Å².